The van der Waals surface area contributed by atoms with Crippen molar-refractivity contribution in [3.05, 3.63) is 0 Å². The van der Waals surface area contributed by atoms with Crippen molar-refractivity contribution in [2.24, 2.45) is 0 Å². The lowest BCUT2D eigenvalue weighted by Gasteiger charge is -1.90. The van der Waals surface area contributed by atoms with Crippen LogP contribution in [0.4, 0.5) is 0 Å². The van der Waals surface area contributed by atoms with Gasteiger partial charge in [-0.25, -0.2) is 0 Å². The van der Waals surface area contributed by atoms with Gasteiger partial charge in [-0.1, -0.05) is 25.2 Å². The van der Waals surface area contributed by atoms with E-state index in [0.717, 1.165) is 0 Å². The minimum absolute atomic E-state index is 0.619. The molecule has 0 nitrogen and oxygen atoms in total. The minimum Gasteiger partial charge on any atom is -0.144 e. The van der Waals surface area contributed by atoms with Crippen LogP contribution in [0.1, 0.15) is 19.8 Å². The molecule has 0 radical (unpaired) electrons. The van der Waals surface area contributed by atoms with Crippen LogP contribution in [0.15, 0.2) is 0 Å². The lowest BCUT2D eigenvalue weighted by molar-refractivity contribution is 0.896. The molecule has 0 rings (SSSR count). The number of hydrogen-bond acceptors (Lipinski definition) is 1. The van der Waals surface area contributed by atoms with Gasteiger partial charge in [-0.15, -0.1) is 12.2 Å². The Hall–Kier alpha value is 1.00. The largest absolute Gasteiger partial charge is 0.144 e. The first kappa shape index (κ1) is 8.00. The Morgan fingerprint density at radius 2 is 2.29 bits per heavy atom. The van der Waals surface area contributed by atoms with E-state index in [1.807, 2.05) is 0 Å². The molecule has 44 valence electrons. The topological polar surface area (TPSA) is 0 Å². The van der Waals surface area contributed by atoms with Crippen LogP contribution in [0.2, 0.25) is 0 Å². The minimum atomic E-state index is -0.619. The van der Waals surface area contributed by atoms with E-state index in [1.165, 1.54) is 19.0 Å². The maximum Gasteiger partial charge on any atom is -0.00859 e. The van der Waals surface area contributed by atoms with Crippen LogP contribution in [-0.4, -0.2) is 6.16 Å². The molecule has 0 aromatic carbocycles. The Balaban J connectivity index is 2.82. The summed E-state index contributed by atoms with van der Waals surface area (Å²) in [6.07, 6.45) is 3.70. The van der Waals surface area contributed by atoms with Gasteiger partial charge in [-0.05, 0) is 18.5 Å². The van der Waals surface area contributed by atoms with Crippen LogP contribution in [0, 0.1) is 0 Å². The molecule has 0 amide bonds. The second kappa shape index (κ2) is 5.14. The molecule has 0 aliphatic heterocycles. The zero-order chi connectivity index (χ0) is 5.70. The van der Waals surface area contributed by atoms with Crippen molar-refractivity contribution in [2.45, 2.75) is 19.8 Å². The molecule has 0 aliphatic rings. The second-order valence-electron chi connectivity index (χ2n) is 1.50. The van der Waals surface area contributed by atoms with Crippen molar-refractivity contribution in [1.29, 1.82) is 0 Å². The second-order valence-corrected chi connectivity index (χ2v) is 6.79. The molecule has 0 bridgehead atoms. The lowest BCUT2D eigenvalue weighted by Crippen LogP contribution is -1.69. The molecule has 1 unspecified atom stereocenters. The van der Waals surface area contributed by atoms with E-state index >= 15 is 0 Å². The molecule has 7 heavy (non-hydrogen) atoms. The Kier molecular flexibility index (Phi) is 5.88. The van der Waals surface area contributed by atoms with Crippen molar-refractivity contribution in [1.82, 2.24) is 0 Å². The maximum atomic E-state index is 4.91. The van der Waals surface area contributed by atoms with Gasteiger partial charge in [0.05, 0.1) is 0 Å². The average molecular weight is 154 g/mol. The maximum absolute atomic E-state index is 4.91. The van der Waals surface area contributed by atoms with Crippen LogP contribution < -0.4 is 0 Å². The van der Waals surface area contributed by atoms with E-state index in [4.69, 9.17) is 11.8 Å². The van der Waals surface area contributed by atoms with E-state index in [2.05, 4.69) is 19.2 Å². The van der Waals surface area contributed by atoms with E-state index in [0.29, 0.717) is 0 Å². The van der Waals surface area contributed by atoms with Crippen molar-refractivity contribution in [3.8, 4) is 0 Å². The molecule has 0 aliphatic carbocycles. The third-order valence-electron chi connectivity index (χ3n) is 0.744. The summed E-state index contributed by atoms with van der Waals surface area (Å²) in [7, 11) is 0. The van der Waals surface area contributed by atoms with Gasteiger partial charge >= 0.3 is 0 Å². The third kappa shape index (κ3) is 7.00. The Bertz CT molecular complexity index is 62.7. The van der Waals surface area contributed by atoms with Crippen LogP contribution in [0.3, 0.4) is 0 Å². The van der Waals surface area contributed by atoms with Gasteiger partial charge in [0.1, 0.15) is 0 Å². The SMILES string of the molecule is CCCC[PH](=S)S. The molecule has 0 aromatic rings. The van der Waals surface area contributed by atoms with E-state index in [-0.39, 0.29) is 0 Å². The fourth-order valence-corrected chi connectivity index (χ4v) is 1.89. The third-order valence-corrected chi connectivity index (χ3v) is 2.81. The van der Waals surface area contributed by atoms with Crippen molar-refractivity contribution in [2.75, 3.05) is 6.16 Å². The summed E-state index contributed by atoms with van der Waals surface area (Å²) in [6.45, 7) is 2.17. The van der Waals surface area contributed by atoms with Gasteiger partial charge in [0.25, 0.3) is 0 Å². The highest BCUT2D eigenvalue weighted by Crippen LogP contribution is 2.26. The molecule has 0 saturated heterocycles. The molecular weight excluding hydrogens is 143 g/mol. The summed E-state index contributed by atoms with van der Waals surface area (Å²) in [5, 5.41) is 0. The molecule has 0 fully saturated rings. The fourth-order valence-electron chi connectivity index (χ4n) is 0.328. The van der Waals surface area contributed by atoms with Gasteiger partial charge in [-0.3, -0.25) is 0 Å². The van der Waals surface area contributed by atoms with E-state index in [1.54, 1.807) is 0 Å². The number of thiol groups is 1. The first-order valence-electron chi connectivity index (χ1n) is 2.49. The predicted molar refractivity (Wildman–Crippen MR) is 44.4 cm³/mol. The molecular formula is C4H11PS2. The van der Waals surface area contributed by atoms with Crippen molar-refractivity contribution < 1.29 is 0 Å². The summed E-state index contributed by atoms with van der Waals surface area (Å²) in [5.41, 5.74) is 0. The Morgan fingerprint density at radius 1 is 1.71 bits per heavy atom. The summed E-state index contributed by atoms with van der Waals surface area (Å²) in [6, 6.07) is 0. The van der Waals surface area contributed by atoms with Crippen molar-refractivity contribution in [3.63, 3.8) is 0 Å². The molecule has 3 heteroatoms. The predicted octanol–water partition coefficient (Wildman–Crippen LogP) is 2.31. The van der Waals surface area contributed by atoms with Gasteiger partial charge < -0.3 is 0 Å². The Morgan fingerprint density at radius 3 is 2.43 bits per heavy atom. The van der Waals surface area contributed by atoms with Gasteiger partial charge in [0, 0.05) is 0 Å². The first-order chi connectivity index (χ1) is 3.27. The van der Waals surface area contributed by atoms with Crippen molar-refractivity contribution >= 4 is 30.0 Å². The summed E-state index contributed by atoms with van der Waals surface area (Å²) in [5.74, 6) is -0.619. The molecule has 0 aromatic heterocycles. The van der Waals surface area contributed by atoms with Crippen LogP contribution in [-0.2, 0) is 11.8 Å². The molecule has 0 heterocycles. The van der Waals surface area contributed by atoms with Crippen LogP contribution in [0.25, 0.3) is 0 Å². The van der Waals surface area contributed by atoms with E-state index in [9.17, 15) is 0 Å². The molecule has 0 N–H and O–H groups in total. The number of hydrogen-bond donors (Lipinski definition) is 1. The highest BCUT2D eigenvalue weighted by atomic mass is 32.9. The number of rotatable bonds is 3. The smallest absolute Gasteiger partial charge is 0.00859 e. The van der Waals surface area contributed by atoms with Gasteiger partial charge in [-0.2, -0.15) is 0 Å². The highest BCUT2D eigenvalue weighted by Gasteiger charge is 1.82. The molecule has 0 saturated carbocycles. The summed E-state index contributed by atoms with van der Waals surface area (Å²) in [4.78, 5) is 0. The first-order valence-corrected chi connectivity index (χ1v) is 6.62. The standard InChI is InChI=1S/C4H11PS2/c1-2-3-4-5(6)7/h5H,2-4H2,1H3,(H,6,7). The average Bonchev–Trinajstić information content (AvgIpc) is 1.61. The van der Waals surface area contributed by atoms with Crippen LogP contribution in [0.5, 0.6) is 0 Å². The highest BCUT2D eigenvalue weighted by molar-refractivity contribution is 8.56. The summed E-state index contributed by atoms with van der Waals surface area (Å²) >= 11 is 9.06. The quantitative estimate of drug-likeness (QED) is 0.481. The zero-order valence-corrected chi connectivity index (χ0v) is 7.19. The van der Waals surface area contributed by atoms with Crippen LogP contribution >= 0.6 is 18.1 Å². The normalized spacial score (nSPS) is 14.0. The molecule has 0 spiro atoms. The molecule has 1 atom stereocenters. The summed E-state index contributed by atoms with van der Waals surface area (Å²) < 4.78 is 0. The van der Waals surface area contributed by atoms with Gasteiger partial charge in [0.2, 0.25) is 0 Å². The van der Waals surface area contributed by atoms with Gasteiger partial charge in [0.15, 0.2) is 0 Å². The monoisotopic (exact) mass is 154 g/mol. The lowest BCUT2D eigenvalue weighted by atomic mass is 10.4. The fraction of sp³-hybridized carbons (Fsp3) is 1.00. The van der Waals surface area contributed by atoms with E-state index < -0.39 is 5.90 Å². The zero-order valence-electron chi connectivity index (χ0n) is 4.48. The number of unbranched alkanes of at least 4 members (excludes halogenated alkanes) is 1. The Labute approximate surface area is 56.3 Å².